The minimum Gasteiger partial charge on any atom is -0.389 e. The normalized spacial score (nSPS) is 18.2. The lowest BCUT2D eigenvalue weighted by Crippen LogP contribution is -2.39. The van der Waals surface area contributed by atoms with Crippen LogP contribution in [0, 0.1) is 0 Å². The van der Waals surface area contributed by atoms with E-state index >= 15 is 0 Å². The van der Waals surface area contributed by atoms with Crippen LogP contribution in [0.5, 0.6) is 0 Å². The summed E-state index contributed by atoms with van der Waals surface area (Å²) in [6.07, 6.45) is 5.72. The molecule has 0 bridgehead atoms. The second kappa shape index (κ2) is 9.06. The Labute approximate surface area is 202 Å². The van der Waals surface area contributed by atoms with Crippen LogP contribution in [0.25, 0.3) is 32.8 Å². The molecule has 1 N–H and O–H groups in total. The van der Waals surface area contributed by atoms with Crippen LogP contribution in [0.1, 0.15) is 23.6 Å². The maximum atomic E-state index is 13.6. The number of aliphatic hydroxyl groups is 1. The monoisotopic (exact) mass is 463 g/mol. The van der Waals surface area contributed by atoms with Gasteiger partial charge in [-0.2, -0.15) is 0 Å². The summed E-state index contributed by atoms with van der Waals surface area (Å²) in [5.74, 6) is 0. The maximum absolute atomic E-state index is 13.6. The van der Waals surface area contributed by atoms with Crippen molar-refractivity contribution in [2.24, 2.45) is 0 Å². The molecular weight excluding hydrogens is 438 g/mol. The van der Waals surface area contributed by atoms with Crippen LogP contribution in [-0.2, 0) is 11.2 Å². The van der Waals surface area contributed by atoms with E-state index in [9.17, 15) is 9.90 Å². The lowest BCUT2D eigenvalue weighted by molar-refractivity contribution is -0.0395. The van der Waals surface area contributed by atoms with Crippen LogP contribution >= 0.6 is 0 Å². The first-order chi connectivity index (χ1) is 17.2. The zero-order valence-corrected chi connectivity index (χ0v) is 19.2. The fourth-order valence-corrected chi connectivity index (χ4v) is 5.05. The third-order valence-electron chi connectivity index (χ3n) is 6.89. The molecular formula is C29H25N3O3. The first-order valence-electron chi connectivity index (χ1n) is 11.9. The van der Waals surface area contributed by atoms with Gasteiger partial charge in [0.2, 0.25) is 0 Å². The fourth-order valence-electron chi connectivity index (χ4n) is 5.05. The molecule has 0 spiro atoms. The summed E-state index contributed by atoms with van der Waals surface area (Å²) in [5, 5.41) is 13.1. The molecule has 2 atom stereocenters. The third-order valence-corrected chi connectivity index (χ3v) is 6.89. The van der Waals surface area contributed by atoms with Crippen LogP contribution < -0.4 is 5.56 Å². The summed E-state index contributed by atoms with van der Waals surface area (Å²) in [6.45, 7) is 0.748. The van der Waals surface area contributed by atoms with E-state index in [2.05, 4.69) is 40.3 Å². The van der Waals surface area contributed by atoms with E-state index in [1.165, 1.54) is 0 Å². The highest BCUT2D eigenvalue weighted by Gasteiger charge is 2.27. The summed E-state index contributed by atoms with van der Waals surface area (Å²) in [4.78, 5) is 22.4. The predicted octanol–water partition coefficient (Wildman–Crippen LogP) is 4.52. The second-order valence-electron chi connectivity index (χ2n) is 9.04. The number of aromatic nitrogens is 3. The van der Waals surface area contributed by atoms with Gasteiger partial charge in [0.05, 0.1) is 36.0 Å². The Bertz CT molecular complexity index is 1560. The highest BCUT2D eigenvalue weighted by atomic mass is 16.5. The minimum absolute atomic E-state index is 0.124. The molecule has 6 heteroatoms. The van der Waals surface area contributed by atoms with Crippen LogP contribution in [0.3, 0.4) is 0 Å². The maximum Gasteiger partial charge on any atom is 0.261 e. The van der Waals surface area contributed by atoms with E-state index in [-0.39, 0.29) is 18.2 Å². The van der Waals surface area contributed by atoms with Crippen molar-refractivity contribution in [2.45, 2.75) is 25.0 Å². The van der Waals surface area contributed by atoms with Gasteiger partial charge in [0.15, 0.2) is 0 Å². The summed E-state index contributed by atoms with van der Waals surface area (Å²) in [5.41, 5.74) is 5.08. The Morgan fingerprint density at radius 2 is 1.69 bits per heavy atom. The Morgan fingerprint density at radius 1 is 0.943 bits per heavy atom. The van der Waals surface area contributed by atoms with Gasteiger partial charge in [-0.25, -0.2) is 4.98 Å². The molecule has 5 aromatic rings. The number of fused-ring (bicyclic) bond motifs is 3. The summed E-state index contributed by atoms with van der Waals surface area (Å²) in [6, 6.07) is 22.3. The van der Waals surface area contributed by atoms with E-state index in [0.29, 0.717) is 30.4 Å². The molecule has 0 radical (unpaired) electrons. The zero-order chi connectivity index (χ0) is 23.8. The van der Waals surface area contributed by atoms with E-state index in [0.717, 1.165) is 33.0 Å². The summed E-state index contributed by atoms with van der Waals surface area (Å²) in [7, 11) is 0. The largest absolute Gasteiger partial charge is 0.389 e. The van der Waals surface area contributed by atoms with Crippen molar-refractivity contribution in [1.82, 2.24) is 14.5 Å². The van der Waals surface area contributed by atoms with Crippen molar-refractivity contribution in [3.05, 3.63) is 107 Å². The standard InChI is InChI=1S/C29H25N3O3/c33-27-17-35-14-11-26(27)32-18-31-28-24-4-2-1-3-23(24)22(16-25(28)29(32)34)15-19-5-7-20(8-6-19)21-9-12-30-13-10-21/h1-10,12-13,16,18,26-27,33H,11,14-15,17H2/t26-,27-/m0/s1. The van der Waals surface area contributed by atoms with Crippen LogP contribution in [0.2, 0.25) is 0 Å². The fraction of sp³-hybridized carbons (Fsp3) is 0.207. The molecule has 1 fully saturated rings. The lowest BCUT2D eigenvalue weighted by Gasteiger charge is -2.29. The van der Waals surface area contributed by atoms with Crippen molar-refractivity contribution < 1.29 is 9.84 Å². The quantitative estimate of drug-likeness (QED) is 0.397. The molecule has 6 rings (SSSR count). The first-order valence-corrected chi connectivity index (χ1v) is 11.9. The van der Waals surface area contributed by atoms with Crippen molar-refractivity contribution in [1.29, 1.82) is 0 Å². The molecule has 0 saturated carbocycles. The van der Waals surface area contributed by atoms with Crippen LogP contribution in [-0.4, -0.2) is 39.0 Å². The van der Waals surface area contributed by atoms with Crippen molar-refractivity contribution >= 4 is 21.7 Å². The van der Waals surface area contributed by atoms with Gasteiger partial charge in [0.1, 0.15) is 0 Å². The first kappa shape index (κ1) is 21.6. The number of ether oxygens (including phenoxy) is 1. The topological polar surface area (TPSA) is 77.2 Å². The molecule has 35 heavy (non-hydrogen) atoms. The molecule has 2 aromatic heterocycles. The van der Waals surface area contributed by atoms with Crippen molar-refractivity contribution in [3.8, 4) is 11.1 Å². The van der Waals surface area contributed by atoms with Gasteiger partial charge in [-0.3, -0.25) is 14.3 Å². The smallest absolute Gasteiger partial charge is 0.261 e. The number of benzene rings is 3. The van der Waals surface area contributed by atoms with E-state index in [1.807, 2.05) is 36.4 Å². The van der Waals surface area contributed by atoms with E-state index in [1.54, 1.807) is 23.3 Å². The average Bonchev–Trinajstić information content (AvgIpc) is 2.91. The number of aliphatic hydroxyl groups excluding tert-OH is 1. The van der Waals surface area contributed by atoms with Crippen LogP contribution in [0.15, 0.2) is 90.2 Å². The molecule has 1 saturated heterocycles. The molecule has 1 aliphatic rings. The molecule has 0 aliphatic carbocycles. The highest BCUT2D eigenvalue weighted by molar-refractivity contribution is 6.06. The molecule has 6 nitrogen and oxygen atoms in total. The van der Waals surface area contributed by atoms with Gasteiger partial charge in [-0.1, -0.05) is 48.5 Å². The Hall–Kier alpha value is -3.87. The third kappa shape index (κ3) is 4.01. The lowest BCUT2D eigenvalue weighted by atomic mass is 9.95. The SMILES string of the molecule is O=c1c2cc(Cc3ccc(-c4ccncc4)cc3)c3ccccc3c2ncn1[C@H]1CCOC[C@@H]1O. The number of rotatable bonds is 4. The summed E-state index contributed by atoms with van der Waals surface area (Å²) >= 11 is 0. The van der Waals surface area contributed by atoms with Gasteiger partial charge in [0.25, 0.3) is 5.56 Å². The summed E-state index contributed by atoms with van der Waals surface area (Å²) < 4.78 is 6.93. The van der Waals surface area contributed by atoms with Gasteiger partial charge in [-0.05, 0) is 58.7 Å². The number of hydrogen-bond acceptors (Lipinski definition) is 5. The van der Waals surface area contributed by atoms with Crippen molar-refractivity contribution in [2.75, 3.05) is 13.2 Å². The average molecular weight is 464 g/mol. The van der Waals surface area contributed by atoms with Gasteiger partial charge < -0.3 is 9.84 Å². The molecule has 3 heterocycles. The van der Waals surface area contributed by atoms with E-state index in [4.69, 9.17) is 4.74 Å². The van der Waals surface area contributed by atoms with E-state index < -0.39 is 6.10 Å². The molecule has 0 unspecified atom stereocenters. The Morgan fingerprint density at radius 3 is 2.46 bits per heavy atom. The predicted molar refractivity (Wildman–Crippen MR) is 136 cm³/mol. The minimum atomic E-state index is -0.723. The Kier molecular flexibility index (Phi) is 5.60. The number of nitrogens with zero attached hydrogens (tertiary/aromatic N) is 3. The van der Waals surface area contributed by atoms with Crippen LogP contribution in [0.4, 0.5) is 0 Å². The molecule has 0 amide bonds. The van der Waals surface area contributed by atoms with Gasteiger partial charge in [-0.15, -0.1) is 0 Å². The number of hydrogen-bond donors (Lipinski definition) is 1. The Balaban J connectivity index is 1.44. The van der Waals surface area contributed by atoms with Gasteiger partial charge >= 0.3 is 0 Å². The highest BCUT2D eigenvalue weighted by Crippen LogP contribution is 2.29. The van der Waals surface area contributed by atoms with Gasteiger partial charge in [0, 0.05) is 24.4 Å². The second-order valence-corrected chi connectivity index (χ2v) is 9.04. The molecule has 174 valence electrons. The van der Waals surface area contributed by atoms with Crippen molar-refractivity contribution in [3.63, 3.8) is 0 Å². The number of pyridine rings is 1. The molecule has 1 aliphatic heterocycles. The molecule has 3 aromatic carbocycles. The zero-order valence-electron chi connectivity index (χ0n) is 19.2.